The van der Waals surface area contributed by atoms with Crippen LogP contribution >= 0.6 is 0 Å². The second-order valence-corrected chi connectivity index (χ2v) is 4.40. The standard InChI is InChI=1S/C15H16N2O5/c1-9-13(4-5-22-9)15(19)17-16-14(18)10-6-11(20-2)8-12(7-10)21-3/h4-8H,1-3H3,(H,16,18)(H,17,19). The van der Waals surface area contributed by atoms with Gasteiger partial charge in [0.05, 0.1) is 26.0 Å². The second kappa shape index (κ2) is 6.66. The lowest BCUT2D eigenvalue weighted by atomic mass is 10.2. The monoisotopic (exact) mass is 304 g/mol. The predicted molar refractivity (Wildman–Crippen MR) is 77.9 cm³/mol. The van der Waals surface area contributed by atoms with Crippen molar-refractivity contribution in [1.29, 1.82) is 0 Å². The molecule has 0 fully saturated rings. The van der Waals surface area contributed by atoms with Gasteiger partial charge >= 0.3 is 0 Å². The Balaban J connectivity index is 2.06. The van der Waals surface area contributed by atoms with Crippen LogP contribution in [0.4, 0.5) is 0 Å². The van der Waals surface area contributed by atoms with E-state index in [2.05, 4.69) is 10.9 Å². The number of rotatable bonds is 4. The lowest BCUT2D eigenvalue weighted by molar-refractivity contribution is 0.0845. The molecule has 2 aromatic rings. The molecule has 0 unspecified atom stereocenters. The molecule has 0 aliphatic heterocycles. The number of ether oxygens (including phenoxy) is 2. The highest BCUT2D eigenvalue weighted by atomic mass is 16.5. The van der Waals surface area contributed by atoms with Gasteiger partial charge in [-0.05, 0) is 25.1 Å². The lowest BCUT2D eigenvalue weighted by Crippen LogP contribution is -2.41. The average Bonchev–Trinajstić information content (AvgIpc) is 2.97. The first-order valence-electron chi connectivity index (χ1n) is 6.43. The molecule has 0 radical (unpaired) electrons. The van der Waals surface area contributed by atoms with Gasteiger partial charge in [-0.1, -0.05) is 0 Å². The van der Waals surface area contributed by atoms with Gasteiger partial charge in [0.2, 0.25) is 0 Å². The third kappa shape index (κ3) is 3.38. The van der Waals surface area contributed by atoms with Gasteiger partial charge in [0.1, 0.15) is 17.3 Å². The Bertz CT molecular complexity index is 671. The second-order valence-electron chi connectivity index (χ2n) is 4.40. The summed E-state index contributed by atoms with van der Waals surface area (Å²) in [7, 11) is 2.97. The number of furan rings is 1. The maximum Gasteiger partial charge on any atom is 0.273 e. The van der Waals surface area contributed by atoms with Crippen LogP contribution < -0.4 is 20.3 Å². The fourth-order valence-corrected chi connectivity index (χ4v) is 1.81. The summed E-state index contributed by atoms with van der Waals surface area (Å²) in [4.78, 5) is 24.0. The Labute approximate surface area is 127 Å². The first kappa shape index (κ1) is 15.4. The molecule has 1 aromatic carbocycles. The van der Waals surface area contributed by atoms with Crippen LogP contribution in [-0.4, -0.2) is 26.0 Å². The van der Waals surface area contributed by atoms with Crippen LogP contribution in [0.15, 0.2) is 34.9 Å². The van der Waals surface area contributed by atoms with Crippen molar-refractivity contribution in [3.05, 3.63) is 47.4 Å². The third-order valence-corrected chi connectivity index (χ3v) is 3.01. The largest absolute Gasteiger partial charge is 0.497 e. The highest BCUT2D eigenvalue weighted by Crippen LogP contribution is 2.22. The van der Waals surface area contributed by atoms with Crippen LogP contribution in [0.1, 0.15) is 26.5 Å². The molecular formula is C15H16N2O5. The smallest absolute Gasteiger partial charge is 0.273 e. The number of aryl methyl sites for hydroxylation is 1. The van der Waals surface area contributed by atoms with Crippen LogP contribution in [-0.2, 0) is 0 Å². The third-order valence-electron chi connectivity index (χ3n) is 3.01. The summed E-state index contributed by atoms with van der Waals surface area (Å²) in [5.41, 5.74) is 5.29. The van der Waals surface area contributed by atoms with Crippen molar-refractivity contribution < 1.29 is 23.5 Å². The SMILES string of the molecule is COc1cc(OC)cc(C(=O)NNC(=O)c2ccoc2C)c1. The molecule has 0 bridgehead atoms. The van der Waals surface area contributed by atoms with Gasteiger partial charge in [0.25, 0.3) is 11.8 Å². The van der Waals surface area contributed by atoms with E-state index in [-0.39, 0.29) is 0 Å². The van der Waals surface area contributed by atoms with Crippen molar-refractivity contribution in [1.82, 2.24) is 10.9 Å². The number of carbonyl (C=O) groups excluding carboxylic acids is 2. The molecule has 2 N–H and O–H groups in total. The summed E-state index contributed by atoms with van der Waals surface area (Å²) in [5, 5.41) is 0. The molecule has 7 nitrogen and oxygen atoms in total. The van der Waals surface area contributed by atoms with Crippen LogP contribution in [0.3, 0.4) is 0 Å². The molecule has 0 saturated carbocycles. The molecule has 0 atom stereocenters. The Morgan fingerprint density at radius 1 is 1.00 bits per heavy atom. The number of methoxy groups -OCH3 is 2. The fraction of sp³-hybridized carbons (Fsp3) is 0.200. The molecule has 22 heavy (non-hydrogen) atoms. The number of hydrogen-bond acceptors (Lipinski definition) is 5. The summed E-state index contributed by atoms with van der Waals surface area (Å²) in [6, 6.07) is 6.23. The van der Waals surface area contributed by atoms with Crippen molar-refractivity contribution in [3.63, 3.8) is 0 Å². The molecule has 1 heterocycles. The molecule has 2 rings (SSSR count). The van der Waals surface area contributed by atoms with Crippen molar-refractivity contribution in [3.8, 4) is 11.5 Å². The molecule has 0 aliphatic rings. The highest BCUT2D eigenvalue weighted by molar-refractivity contribution is 5.99. The molecule has 0 saturated heterocycles. The van der Waals surface area contributed by atoms with E-state index >= 15 is 0 Å². The Kier molecular flexibility index (Phi) is 4.67. The predicted octanol–water partition coefficient (Wildman–Crippen LogP) is 1.68. The topological polar surface area (TPSA) is 89.8 Å². The lowest BCUT2D eigenvalue weighted by Gasteiger charge is -2.10. The number of hydrogen-bond donors (Lipinski definition) is 2. The maximum atomic E-state index is 12.1. The van der Waals surface area contributed by atoms with Gasteiger partial charge in [0.15, 0.2) is 0 Å². The Hall–Kier alpha value is -2.96. The zero-order valence-electron chi connectivity index (χ0n) is 12.4. The van der Waals surface area contributed by atoms with Crippen LogP contribution in [0.5, 0.6) is 11.5 Å². The van der Waals surface area contributed by atoms with E-state index in [1.54, 1.807) is 13.0 Å². The Morgan fingerprint density at radius 3 is 2.09 bits per heavy atom. The molecule has 7 heteroatoms. The molecule has 1 aromatic heterocycles. The average molecular weight is 304 g/mol. The minimum Gasteiger partial charge on any atom is -0.497 e. The fourth-order valence-electron chi connectivity index (χ4n) is 1.81. The zero-order valence-corrected chi connectivity index (χ0v) is 12.4. The highest BCUT2D eigenvalue weighted by Gasteiger charge is 2.14. The van der Waals surface area contributed by atoms with E-state index in [1.807, 2.05) is 0 Å². The number of nitrogens with one attached hydrogen (secondary N) is 2. The first-order valence-corrected chi connectivity index (χ1v) is 6.43. The van der Waals surface area contributed by atoms with E-state index in [0.717, 1.165) is 0 Å². The van der Waals surface area contributed by atoms with Gasteiger partial charge in [-0.25, -0.2) is 0 Å². The maximum absolute atomic E-state index is 12.1. The molecule has 2 amide bonds. The van der Waals surface area contributed by atoms with E-state index in [0.29, 0.717) is 28.4 Å². The van der Waals surface area contributed by atoms with E-state index < -0.39 is 11.8 Å². The van der Waals surface area contributed by atoms with Gasteiger partial charge in [-0.15, -0.1) is 0 Å². The summed E-state index contributed by atoms with van der Waals surface area (Å²) in [6.45, 7) is 1.66. The quantitative estimate of drug-likeness (QED) is 0.839. The summed E-state index contributed by atoms with van der Waals surface area (Å²) >= 11 is 0. The summed E-state index contributed by atoms with van der Waals surface area (Å²) < 4.78 is 15.2. The van der Waals surface area contributed by atoms with E-state index in [1.165, 1.54) is 38.7 Å². The van der Waals surface area contributed by atoms with Gasteiger partial charge in [-0.3, -0.25) is 20.4 Å². The summed E-state index contributed by atoms with van der Waals surface area (Å²) in [5.74, 6) is 0.457. The van der Waals surface area contributed by atoms with E-state index in [4.69, 9.17) is 13.9 Å². The van der Waals surface area contributed by atoms with Gasteiger partial charge in [0, 0.05) is 11.6 Å². The number of hydrazine groups is 1. The number of benzene rings is 1. The van der Waals surface area contributed by atoms with Gasteiger partial charge < -0.3 is 13.9 Å². The minimum atomic E-state index is -0.494. The summed E-state index contributed by atoms with van der Waals surface area (Å²) in [6.07, 6.45) is 1.40. The Morgan fingerprint density at radius 2 is 1.59 bits per heavy atom. The van der Waals surface area contributed by atoms with Crippen LogP contribution in [0.25, 0.3) is 0 Å². The van der Waals surface area contributed by atoms with Crippen LogP contribution in [0.2, 0.25) is 0 Å². The minimum absolute atomic E-state index is 0.292. The molecule has 0 aliphatic carbocycles. The molecule has 116 valence electrons. The number of amides is 2. The van der Waals surface area contributed by atoms with Crippen molar-refractivity contribution in [2.75, 3.05) is 14.2 Å². The zero-order chi connectivity index (χ0) is 16.1. The van der Waals surface area contributed by atoms with Gasteiger partial charge in [-0.2, -0.15) is 0 Å². The van der Waals surface area contributed by atoms with Crippen molar-refractivity contribution in [2.24, 2.45) is 0 Å². The number of carbonyl (C=O) groups is 2. The normalized spacial score (nSPS) is 9.95. The van der Waals surface area contributed by atoms with E-state index in [9.17, 15) is 9.59 Å². The molecular weight excluding hydrogens is 288 g/mol. The molecule has 0 spiro atoms. The van der Waals surface area contributed by atoms with Crippen molar-refractivity contribution in [2.45, 2.75) is 6.92 Å². The van der Waals surface area contributed by atoms with Crippen LogP contribution in [0, 0.1) is 6.92 Å². The first-order chi connectivity index (χ1) is 10.5. The van der Waals surface area contributed by atoms with Crippen molar-refractivity contribution >= 4 is 11.8 Å².